The maximum absolute atomic E-state index is 11.8. The van der Waals surface area contributed by atoms with Gasteiger partial charge in [-0.3, -0.25) is 0 Å². The predicted octanol–water partition coefficient (Wildman–Crippen LogP) is 2.06. The third-order valence-corrected chi connectivity index (χ3v) is 2.92. The minimum absolute atomic E-state index is 0.379. The molecule has 0 aliphatic carbocycles. The third kappa shape index (κ3) is 2.81. The van der Waals surface area contributed by atoms with Gasteiger partial charge in [-0.25, -0.2) is 4.79 Å². The van der Waals surface area contributed by atoms with E-state index in [9.17, 15) is 4.79 Å². The molecule has 4 N–H and O–H groups in total. The highest BCUT2D eigenvalue weighted by atomic mass is 16.5. The minimum Gasteiger partial charge on any atom is -0.465 e. The highest BCUT2D eigenvalue weighted by Gasteiger charge is 2.14. The number of ether oxygens (including phenoxy) is 1. The van der Waals surface area contributed by atoms with Gasteiger partial charge in [0, 0.05) is 0 Å². The number of nitrogens with two attached hydrogens (primary N) is 2. The summed E-state index contributed by atoms with van der Waals surface area (Å²) in [6, 6.07) is 14.8. The monoisotopic (exact) mass is 256 g/mol. The van der Waals surface area contributed by atoms with Gasteiger partial charge in [-0.2, -0.15) is 0 Å². The Morgan fingerprint density at radius 3 is 2.37 bits per heavy atom. The van der Waals surface area contributed by atoms with Crippen LogP contribution < -0.4 is 11.5 Å². The lowest BCUT2D eigenvalue weighted by Gasteiger charge is -2.12. The summed E-state index contributed by atoms with van der Waals surface area (Å²) in [6.45, 7) is 0. The fourth-order valence-electron chi connectivity index (χ4n) is 1.91. The Labute approximate surface area is 112 Å². The molecule has 98 valence electrons. The van der Waals surface area contributed by atoms with Crippen LogP contribution in [0.25, 0.3) is 11.1 Å². The van der Waals surface area contributed by atoms with Gasteiger partial charge in [0.15, 0.2) is 0 Å². The van der Waals surface area contributed by atoms with E-state index in [0.29, 0.717) is 5.56 Å². The van der Waals surface area contributed by atoms with Crippen molar-refractivity contribution in [2.45, 2.75) is 6.17 Å². The molecule has 19 heavy (non-hydrogen) atoms. The molecule has 2 aromatic carbocycles. The van der Waals surface area contributed by atoms with Crippen molar-refractivity contribution in [2.24, 2.45) is 11.5 Å². The van der Waals surface area contributed by atoms with Crippen molar-refractivity contribution < 1.29 is 9.53 Å². The molecule has 0 bridgehead atoms. The van der Waals surface area contributed by atoms with Gasteiger partial charge in [-0.15, -0.1) is 0 Å². The molecule has 4 nitrogen and oxygen atoms in total. The Morgan fingerprint density at radius 1 is 1.11 bits per heavy atom. The number of benzene rings is 2. The second kappa shape index (κ2) is 5.65. The molecule has 0 radical (unpaired) electrons. The molecule has 2 rings (SSSR count). The van der Waals surface area contributed by atoms with E-state index in [-0.39, 0.29) is 5.97 Å². The number of hydrogen-bond acceptors (Lipinski definition) is 4. The maximum Gasteiger partial charge on any atom is 0.338 e. The van der Waals surface area contributed by atoms with Crippen LogP contribution in [0.3, 0.4) is 0 Å². The predicted molar refractivity (Wildman–Crippen MR) is 74.3 cm³/mol. The van der Waals surface area contributed by atoms with Crippen molar-refractivity contribution in [3.8, 4) is 11.1 Å². The molecule has 0 aliphatic rings. The summed E-state index contributed by atoms with van der Waals surface area (Å²) in [5.41, 5.74) is 14.3. The summed E-state index contributed by atoms with van der Waals surface area (Å²) < 4.78 is 4.80. The first-order chi connectivity index (χ1) is 9.13. The van der Waals surface area contributed by atoms with Gasteiger partial charge in [0.2, 0.25) is 0 Å². The summed E-state index contributed by atoms with van der Waals surface area (Å²) >= 11 is 0. The first-order valence-electron chi connectivity index (χ1n) is 5.92. The van der Waals surface area contributed by atoms with Crippen LogP contribution in [-0.2, 0) is 4.74 Å². The van der Waals surface area contributed by atoms with Crippen LogP contribution in [0.5, 0.6) is 0 Å². The van der Waals surface area contributed by atoms with E-state index in [2.05, 4.69) is 0 Å². The Balaban J connectivity index is 2.60. The molecule has 0 atom stereocenters. The second-order valence-electron chi connectivity index (χ2n) is 4.19. The van der Waals surface area contributed by atoms with Crippen molar-refractivity contribution in [2.75, 3.05) is 7.11 Å². The highest BCUT2D eigenvalue weighted by Crippen LogP contribution is 2.26. The molecule has 0 aromatic heterocycles. The SMILES string of the molecule is COC(=O)c1ccc(C(N)N)cc1-c1ccccc1. The van der Waals surface area contributed by atoms with Gasteiger partial charge in [-0.1, -0.05) is 36.4 Å². The number of carbonyl (C=O) groups is 1. The molecular formula is C15H16N2O2. The summed E-state index contributed by atoms with van der Waals surface area (Å²) in [5, 5.41) is 0. The lowest BCUT2D eigenvalue weighted by molar-refractivity contribution is 0.0601. The number of rotatable bonds is 3. The molecular weight excluding hydrogens is 240 g/mol. The Hall–Kier alpha value is -2.17. The minimum atomic E-state index is -0.575. The molecule has 0 amide bonds. The average molecular weight is 256 g/mol. The third-order valence-electron chi connectivity index (χ3n) is 2.92. The van der Waals surface area contributed by atoms with Crippen molar-refractivity contribution in [1.82, 2.24) is 0 Å². The van der Waals surface area contributed by atoms with Gasteiger partial charge in [0.1, 0.15) is 0 Å². The van der Waals surface area contributed by atoms with E-state index in [1.807, 2.05) is 36.4 Å². The number of carbonyl (C=O) groups excluding carboxylic acids is 1. The van der Waals surface area contributed by atoms with E-state index in [4.69, 9.17) is 16.2 Å². The zero-order valence-corrected chi connectivity index (χ0v) is 10.7. The number of hydrogen-bond donors (Lipinski definition) is 2. The Bertz CT molecular complexity index is 580. The lowest BCUT2D eigenvalue weighted by atomic mass is 9.96. The van der Waals surface area contributed by atoms with E-state index in [1.54, 1.807) is 12.1 Å². The van der Waals surface area contributed by atoms with E-state index in [0.717, 1.165) is 16.7 Å². The van der Waals surface area contributed by atoms with Gasteiger partial charge in [-0.05, 0) is 28.8 Å². The molecule has 0 aliphatic heterocycles. The molecule has 2 aromatic rings. The Kier molecular flexibility index (Phi) is 3.94. The smallest absolute Gasteiger partial charge is 0.338 e. The van der Waals surface area contributed by atoms with E-state index in [1.165, 1.54) is 7.11 Å². The lowest BCUT2D eigenvalue weighted by Crippen LogP contribution is -2.20. The topological polar surface area (TPSA) is 78.3 Å². The normalized spacial score (nSPS) is 10.5. The first-order valence-corrected chi connectivity index (χ1v) is 5.92. The summed E-state index contributed by atoms with van der Waals surface area (Å²) in [4.78, 5) is 11.8. The van der Waals surface area contributed by atoms with Gasteiger partial charge < -0.3 is 16.2 Å². The first kappa shape index (κ1) is 13.3. The quantitative estimate of drug-likeness (QED) is 0.650. The van der Waals surface area contributed by atoms with Gasteiger partial charge in [0.25, 0.3) is 0 Å². The van der Waals surface area contributed by atoms with Crippen LogP contribution in [0.15, 0.2) is 48.5 Å². The van der Waals surface area contributed by atoms with Gasteiger partial charge in [0.05, 0.1) is 18.8 Å². The zero-order valence-electron chi connectivity index (χ0n) is 10.7. The number of methoxy groups -OCH3 is 1. The standard InChI is InChI=1S/C15H16N2O2/c1-19-15(18)12-8-7-11(14(16)17)9-13(12)10-5-3-2-4-6-10/h2-9,14H,16-17H2,1H3. The van der Waals surface area contributed by atoms with Crippen LogP contribution in [-0.4, -0.2) is 13.1 Å². The van der Waals surface area contributed by atoms with Crippen LogP contribution in [0, 0.1) is 0 Å². The summed E-state index contributed by atoms with van der Waals surface area (Å²) in [6.07, 6.45) is -0.575. The van der Waals surface area contributed by atoms with Crippen molar-refractivity contribution in [3.63, 3.8) is 0 Å². The summed E-state index contributed by atoms with van der Waals surface area (Å²) in [7, 11) is 1.36. The van der Waals surface area contributed by atoms with Crippen molar-refractivity contribution in [1.29, 1.82) is 0 Å². The second-order valence-corrected chi connectivity index (χ2v) is 4.19. The van der Waals surface area contributed by atoms with E-state index >= 15 is 0 Å². The molecule has 0 saturated heterocycles. The van der Waals surface area contributed by atoms with Crippen LogP contribution in [0.4, 0.5) is 0 Å². The fraction of sp³-hybridized carbons (Fsp3) is 0.133. The molecule has 0 unspecified atom stereocenters. The average Bonchev–Trinajstić information content (AvgIpc) is 2.46. The zero-order chi connectivity index (χ0) is 13.8. The van der Waals surface area contributed by atoms with Gasteiger partial charge >= 0.3 is 5.97 Å². The molecule has 0 heterocycles. The largest absolute Gasteiger partial charge is 0.465 e. The maximum atomic E-state index is 11.8. The molecule has 0 saturated carbocycles. The van der Waals surface area contributed by atoms with Crippen LogP contribution in [0.1, 0.15) is 22.1 Å². The van der Waals surface area contributed by atoms with E-state index < -0.39 is 6.17 Å². The van der Waals surface area contributed by atoms with Crippen molar-refractivity contribution in [3.05, 3.63) is 59.7 Å². The highest BCUT2D eigenvalue weighted by molar-refractivity contribution is 5.97. The van der Waals surface area contributed by atoms with Crippen molar-refractivity contribution >= 4 is 5.97 Å². The fourth-order valence-corrected chi connectivity index (χ4v) is 1.91. The van der Waals surface area contributed by atoms with Crippen LogP contribution in [0.2, 0.25) is 0 Å². The Morgan fingerprint density at radius 2 is 1.79 bits per heavy atom. The van der Waals surface area contributed by atoms with Crippen LogP contribution >= 0.6 is 0 Å². The molecule has 4 heteroatoms. The molecule has 0 spiro atoms. The summed E-state index contributed by atoms with van der Waals surface area (Å²) in [5.74, 6) is -0.379. The number of esters is 1. The molecule has 0 fully saturated rings.